The number of hydrogen-bond donors (Lipinski definition) is 2. The number of carbonyl (C=O) groups is 2. The van der Waals surface area contributed by atoms with E-state index in [0.717, 1.165) is 16.7 Å². The minimum atomic E-state index is -0.890. The van der Waals surface area contributed by atoms with Crippen molar-refractivity contribution in [3.63, 3.8) is 0 Å². The number of carboxylic acid groups (broad SMARTS) is 1. The number of carboxylic acids is 1. The molecule has 0 aliphatic carbocycles. The lowest BCUT2D eigenvalue weighted by Crippen LogP contribution is -2.38. The van der Waals surface area contributed by atoms with Gasteiger partial charge in [-0.3, -0.25) is 9.59 Å². The number of amides is 1. The van der Waals surface area contributed by atoms with Crippen molar-refractivity contribution in [2.75, 3.05) is 0 Å². The average Bonchev–Trinajstić information content (AvgIpc) is 3.24. The Morgan fingerprint density at radius 2 is 1.75 bits per heavy atom. The maximum absolute atomic E-state index is 12.3. The fourth-order valence-electron chi connectivity index (χ4n) is 3.05. The van der Waals surface area contributed by atoms with Gasteiger partial charge in [0.15, 0.2) is 6.39 Å². The molecule has 3 aromatic rings. The fourth-order valence-corrected chi connectivity index (χ4v) is 3.05. The summed E-state index contributed by atoms with van der Waals surface area (Å²) in [4.78, 5) is 27.3. The minimum Gasteiger partial charge on any atom is -0.481 e. The second-order valence-corrected chi connectivity index (χ2v) is 6.78. The molecule has 6 nitrogen and oxygen atoms in total. The highest BCUT2D eigenvalue weighted by Crippen LogP contribution is 2.20. The smallest absolute Gasteiger partial charge is 0.306 e. The zero-order valence-corrected chi connectivity index (χ0v) is 15.5. The molecule has 0 radical (unpaired) electrons. The number of oxazole rings is 1. The Hall–Kier alpha value is -3.41. The maximum atomic E-state index is 12.3. The molecule has 2 aromatic carbocycles. The lowest BCUT2D eigenvalue weighted by atomic mass is 9.95. The van der Waals surface area contributed by atoms with Crippen LogP contribution in [0.3, 0.4) is 0 Å². The van der Waals surface area contributed by atoms with Crippen molar-refractivity contribution in [3.8, 4) is 11.1 Å². The molecule has 3 rings (SSSR count). The molecule has 28 heavy (non-hydrogen) atoms. The summed E-state index contributed by atoms with van der Waals surface area (Å²) in [5.74, 6) is -1.77. The van der Waals surface area contributed by atoms with E-state index < -0.39 is 17.8 Å². The number of benzene rings is 2. The summed E-state index contributed by atoms with van der Waals surface area (Å²) in [6, 6.07) is 17.8. The Labute approximate surface area is 163 Å². The van der Waals surface area contributed by atoms with Crippen LogP contribution in [0.2, 0.25) is 0 Å². The number of nitrogens with zero attached hydrogens (tertiary/aromatic N) is 1. The third kappa shape index (κ3) is 5.07. The number of hydrogen-bond acceptors (Lipinski definition) is 4. The fraction of sp³-hybridized carbons (Fsp3) is 0.227. The van der Waals surface area contributed by atoms with Crippen molar-refractivity contribution in [3.05, 3.63) is 78.5 Å². The lowest BCUT2D eigenvalue weighted by Gasteiger charge is -2.20. The molecule has 144 valence electrons. The highest BCUT2D eigenvalue weighted by Gasteiger charge is 2.22. The number of nitrogens with one attached hydrogen (secondary N) is 1. The Morgan fingerprint density at radius 3 is 2.36 bits per heavy atom. The van der Waals surface area contributed by atoms with Gasteiger partial charge < -0.3 is 14.8 Å². The molecule has 1 amide bonds. The van der Waals surface area contributed by atoms with Crippen LogP contribution in [-0.2, 0) is 11.2 Å². The third-order valence-corrected chi connectivity index (χ3v) is 4.59. The summed E-state index contributed by atoms with van der Waals surface area (Å²) in [6.45, 7) is 1.63. The standard InChI is InChI=1S/C22H22N2O4/c1-15(22(26)27)11-19(24-21(25)20-13-23-14-28-20)12-16-7-9-18(10-8-16)17-5-3-2-4-6-17/h2-10,13-15,19H,11-12H2,1H3,(H,24,25)(H,26,27). The molecular weight excluding hydrogens is 356 g/mol. The van der Waals surface area contributed by atoms with E-state index in [2.05, 4.69) is 10.3 Å². The minimum absolute atomic E-state index is 0.104. The Kier molecular flexibility index (Phi) is 6.22. The highest BCUT2D eigenvalue weighted by atomic mass is 16.4. The molecule has 0 saturated carbocycles. The SMILES string of the molecule is CC(CC(Cc1ccc(-c2ccccc2)cc1)NC(=O)c1cnco1)C(=O)O. The first kappa shape index (κ1) is 19.4. The molecule has 0 bridgehead atoms. The molecule has 0 spiro atoms. The van der Waals surface area contributed by atoms with Crippen LogP contribution >= 0.6 is 0 Å². The monoisotopic (exact) mass is 378 g/mol. The van der Waals surface area contributed by atoms with Crippen LogP contribution in [-0.4, -0.2) is 28.0 Å². The van der Waals surface area contributed by atoms with E-state index in [0.29, 0.717) is 12.8 Å². The van der Waals surface area contributed by atoms with Gasteiger partial charge in [-0.25, -0.2) is 4.98 Å². The van der Waals surface area contributed by atoms with Gasteiger partial charge in [0.25, 0.3) is 5.91 Å². The van der Waals surface area contributed by atoms with Gasteiger partial charge in [-0.1, -0.05) is 61.5 Å². The van der Waals surface area contributed by atoms with E-state index in [1.54, 1.807) is 6.92 Å². The van der Waals surface area contributed by atoms with E-state index in [1.807, 2.05) is 54.6 Å². The lowest BCUT2D eigenvalue weighted by molar-refractivity contribution is -0.141. The summed E-state index contributed by atoms with van der Waals surface area (Å²) >= 11 is 0. The summed E-state index contributed by atoms with van der Waals surface area (Å²) in [7, 11) is 0. The zero-order chi connectivity index (χ0) is 19.9. The van der Waals surface area contributed by atoms with E-state index in [4.69, 9.17) is 4.42 Å². The van der Waals surface area contributed by atoms with Crippen LogP contribution < -0.4 is 5.32 Å². The number of rotatable bonds is 8. The van der Waals surface area contributed by atoms with Gasteiger partial charge in [0, 0.05) is 6.04 Å². The van der Waals surface area contributed by atoms with Crippen molar-refractivity contribution >= 4 is 11.9 Å². The molecule has 2 N–H and O–H groups in total. The van der Waals surface area contributed by atoms with Crippen LogP contribution in [0.25, 0.3) is 11.1 Å². The first-order valence-electron chi connectivity index (χ1n) is 9.09. The van der Waals surface area contributed by atoms with Gasteiger partial charge >= 0.3 is 5.97 Å². The first-order valence-corrected chi connectivity index (χ1v) is 9.09. The van der Waals surface area contributed by atoms with Crippen molar-refractivity contribution in [1.29, 1.82) is 0 Å². The van der Waals surface area contributed by atoms with Crippen molar-refractivity contribution in [1.82, 2.24) is 10.3 Å². The Morgan fingerprint density at radius 1 is 1.07 bits per heavy atom. The van der Waals surface area contributed by atoms with Gasteiger partial charge in [-0.15, -0.1) is 0 Å². The molecule has 2 atom stereocenters. The summed E-state index contributed by atoms with van der Waals surface area (Å²) < 4.78 is 5.02. The molecule has 6 heteroatoms. The number of carbonyl (C=O) groups excluding carboxylic acids is 1. The van der Waals surface area contributed by atoms with E-state index >= 15 is 0 Å². The summed E-state index contributed by atoms with van der Waals surface area (Å²) in [6.07, 6.45) is 3.36. The summed E-state index contributed by atoms with van der Waals surface area (Å²) in [5.41, 5.74) is 3.24. The highest BCUT2D eigenvalue weighted by molar-refractivity contribution is 5.91. The zero-order valence-electron chi connectivity index (χ0n) is 15.5. The second kappa shape index (κ2) is 8.99. The topological polar surface area (TPSA) is 92.4 Å². The van der Waals surface area contributed by atoms with Gasteiger partial charge in [-0.05, 0) is 29.5 Å². The first-order chi connectivity index (χ1) is 13.5. The predicted molar refractivity (Wildman–Crippen MR) is 105 cm³/mol. The summed E-state index contributed by atoms with van der Waals surface area (Å²) in [5, 5.41) is 12.1. The Balaban J connectivity index is 1.72. The molecule has 1 heterocycles. The Bertz CT molecular complexity index is 905. The molecule has 0 saturated heterocycles. The van der Waals surface area contributed by atoms with Crippen LogP contribution in [0.5, 0.6) is 0 Å². The van der Waals surface area contributed by atoms with Gasteiger partial charge in [0.05, 0.1) is 12.1 Å². The van der Waals surface area contributed by atoms with Gasteiger partial charge in [0.1, 0.15) is 0 Å². The molecule has 0 aliphatic rings. The largest absolute Gasteiger partial charge is 0.481 e. The van der Waals surface area contributed by atoms with Crippen LogP contribution in [0.1, 0.15) is 29.5 Å². The van der Waals surface area contributed by atoms with E-state index in [1.165, 1.54) is 12.6 Å². The molecule has 1 aromatic heterocycles. The van der Waals surface area contributed by atoms with Crippen LogP contribution in [0, 0.1) is 5.92 Å². The molecule has 0 fully saturated rings. The molecular formula is C22H22N2O4. The maximum Gasteiger partial charge on any atom is 0.306 e. The van der Waals surface area contributed by atoms with E-state index in [-0.39, 0.29) is 11.8 Å². The van der Waals surface area contributed by atoms with Crippen molar-refractivity contribution in [2.24, 2.45) is 5.92 Å². The molecule has 0 aliphatic heterocycles. The van der Waals surface area contributed by atoms with Gasteiger partial charge in [-0.2, -0.15) is 0 Å². The van der Waals surface area contributed by atoms with Crippen molar-refractivity contribution < 1.29 is 19.1 Å². The van der Waals surface area contributed by atoms with Crippen molar-refractivity contribution in [2.45, 2.75) is 25.8 Å². The van der Waals surface area contributed by atoms with Gasteiger partial charge in [0.2, 0.25) is 5.76 Å². The van der Waals surface area contributed by atoms with Crippen LogP contribution in [0.4, 0.5) is 0 Å². The average molecular weight is 378 g/mol. The number of aromatic nitrogens is 1. The van der Waals surface area contributed by atoms with Crippen LogP contribution in [0.15, 0.2) is 71.6 Å². The van der Waals surface area contributed by atoms with E-state index in [9.17, 15) is 14.7 Å². The molecule has 2 unspecified atom stereocenters. The number of aliphatic carboxylic acids is 1. The second-order valence-electron chi connectivity index (χ2n) is 6.78. The third-order valence-electron chi connectivity index (χ3n) is 4.59. The normalized spacial score (nSPS) is 12.9. The predicted octanol–water partition coefficient (Wildman–Crippen LogP) is 3.79. The quantitative estimate of drug-likeness (QED) is 0.622.